The number of carbonyl (C=O) groups is 2. The topological polar surface area (TPSA) is 57.9 Å². The number of hydrogen-bond acceptors (Lipinski definition) is 4. The number of hydrogen-bond donors (Lipinski definition) is 0. The number of aromatic nitrogens is 2. The number of aldehydes is 1. The fraction of sp³-hybridized carbons (Fsp3) is 0.483. The van der Waals surface area contributed by atoms with Crippen molar-refractivity contribution in [2.24, 2.45) is 5.92 Å². The number of likely N-dealkylation sites (tertiary alicyclic amines) is 1. The summed E-state index contributed by atoms with van der Waals surface area (Å²) in [6, 6.07) is 6.99. The van der Waals surface area contributed by atoms with Gasteiger partial charge in [-0.05, 0) is 62.4 Å². The van der Waals surface area contributed by atoms with E-state index in [4.69, 9.17) is 0 Å². The van der Waals surface area contributed by atoms with Gasteiger partial charge < -0.3 is 14.1 Å². The fourth-order valence-corrected chi connectivity index (χ4v) is 5.20. The summed E-state index contributed by atoms with van der Waals surface area (Å²) in [4.78, 5) is 32.9. The van der Waals surface area contributed by atoms with Crippen molar-refractivity contribution in [2.45, 2.75) is 65.5 Å². The van der Waals surface area contributed by atoms with Crippen molar-refractivity contribution in [3.05, 3.63) is 59.4 Å². The molecule has 0 radical (unpaired) electrons. The molecular formula is C29H37FN4O2. The maximum Gasteiger partial charge on any atom is 0.254 e. The van der Waals surface area contributed by atoms with Crippen LogP contribution in [0.2, 0.25) is 0 Å². The van der Waals surface area contributed by atoms with E-state index in [1.807, 2.05) is 27.0 Å². The molecule has 4 rings (SSSR count). The van der Waals surface area contributed by atoms with Gasteiger partial charge in [0, 0.05) is 56.3 Å². The number of fused-ring (bicyclic) bond motifs is 1. The first-order valence-corrected chi connectivity index (χ1v) is 12.8. The van der Waals surface area contributed by atoms with Gasteiger partial charge in [-0.2, -0.15) is 0 Å². The third-order valence-corrected chi connectivity index (χ3v) is 7.64. The number of aryl methyl sites for hydroxylation is 1. The normalized spacial score (nSPS) is 15.5. The van der Waals surface area contributed by atoms with Gasteiger partial charge in [0.2, 0.25) is 0 Å². The molecule has 0 spiro atoms. The van der Waals surface area contributed by atoms with Crippen LogP contribution in [0.15, 0.2) is 36.7 Å². The van der Waals surface area contributed by atoms with E-state index in [2.05, 4.69) is 40.4 Å². The first-order valence-electron chi connectivity index (χ1n) is 12.8. The molecule has 1 atom stereocenters. The van der Waals surface area contributed by atoms with Crippen molar-refractivity contribution >= 4 is 17.7 Å². The molecule has 3 aromatic rings. The lowest BCUT2D eigenvalue weighted by Crippen LogP contribution is -2.52. The van der Waals surface area contributed by atoms with Gasteiger partial charge >= 0.3 is 0 Å². The van der Waals surface area contributed by atoms with Crippen molar-refractivity contribution in [3.8, 4) is 11.1 Å². The van der Waals surface area contributed by atoms with Crippen LogP contribution < -0.4 is 0 Å². The Bertz CT molecular complexity index is 1260. The van der Waals surface area contributed by atoms with E-state index in [1.165, 1.54) is 17.7 Å². The maximum atomic E-state index is 14.3. The summed E-state index contributed by atoms with van der Waals surface area (Å²) >= 11 is 0. The van der Waals surface area contributed by atoms with Crippen molar-refractivity contribution < 1.29 is 14.0 Å². The third kappa shape index (κ3) is 4.94. The molecule has 0 saturated carbocycles. The second-order valence-electron chi connectivity index (χ2n) is 10.7. The lowest BCUT2D eigenvalue weighted by atomic mass is 9.85. The van der Waals surface area contributed by atoms with Crippen LogP contribution >= 0.6 is 0 Å². The highest BCUT2D eigenvalue weighted by atomic mass is 19.1. The molecule has 1 saturated heterocycles. The van der Waals surface area contributed by atoms with Gasteiger partial charge in [0.1, 0.15) is 17.9 Å². The fourth-order valence-electron chi connectivity index (χ4n) is 5.20. The number of imidazole rings is 1. The lowest BCUT2D eigenvalue weighted by molar-refractivity contribution is -0.108. The van der Waals surface area contributed by atoms with Crippen molar-refractivity contribution in [2.75, 3.05) is 20.1 Å². The van der Waals surface area contributed by atoms with Crippen LogP contribution in [0.3, 0.4) is 0 Å². The first-order chi connectivity index (χ1) is 17.1. The summed E-state index contributed by atoms with van der Waals surface area (Å²) in [5.74, 6) is 1.05. The maximum absolute atomic E-state index is 14.3. The van der Waals surface area contributed by atoms with Gasteiger partial charge in [0.05, 0.1) is 17.3 Å². The standard InChI is InChI=1S/C29H37FN4O2/c1-18(2)27(8-7-11-35)33-15-22(16-33)21-12-25(28-14-31-20(5)34(28)17-21)24-10-9-23(30)13-26(24)29(36)32(6)19(3)4/h9-14,17-19,22,27H,7-8,15-16H2,1-6H3/t27-/m1/s1. The zero-order chi connectivity index (χ0) is 26.1. The number of rotatable bonds is 9. The Hall–Kier alpha value is -3.06. The summed E-state index contributed by atoms with van der Waals surface area (Å²) in [5.41, 5.74) is 4.02. The summed E-state index contributed by atoms with van der Waals surface area (Å²) in [5, 5.41) is 0. The van der Waals surface area contributed by atoms with E-state index >= 15 is 0 Å². The van der Waals surface area contributed by atoms with Gasteiger partial charge in [-0.3, -0.25) is 9.69 Å². The smallest absolute Gasteiger partial charge is 0.254 e. The first kappa shape index (κ1) is 26.0. The number of pyridine rings is 1. The van der Waals surface area contributed by atoms with Crippen LogP contribution in [0.1, 0.15) is 68.2 Å². The second kappa shape index (κ2) is 10.5. The highest BCUT2D eigenvalue weighted by Crippen LogP contribution is 2.37. The van der Waals surface area contributed by atoms with E-state index in [-0.39, 0.29) is 11.9 Å². The Labute approximate surface area is 213 Å². The minimum absolute atomic E-state index is 0.00809. The van der Waals surface area contributed by atoms with E-state index in [0.717, 1.165) is 42.7 Å². The van der Waals surface area contributed by atoms with Crippen LogP contribution in [0.5, 0.6) is 0 Å². The van der Waals surface area contributed by atoms with Crippen LogP contribution in [-0.2, 0) is 4.79 Å². The quantitative estimate of drug-likeness (QED) is 0.379. The number of amides is 1. The minimum atomic E-state index is -0.430. The highest BCUT2D eigenvalue weighted by molar-refractivity contribution is 6.02. The molecule has 1 fully saturated rings. The predicted molar refractivity (Wildman–Crippen MR) is 141 cm³/mol. The zero-order valence-corrected chi connectivity index (χ0v) is 22.2. The van der Waals surface area contributed by atoms with Crippen LogP contribution in [0.25, 0.3) is 16.6 Å². The number of benzene rings is 1. The Morgan fingerprint density at radius 2 is 1.92 bits per heavy atom. The Kier molecular flexibility index (Phi) is 7.59. The average molecular weight is 493 g/mol. The molecule has 1 aliphatic heterocycles. The minimum Gasteiger partial charge on any atom is -0.339 e. The van der Waals surface area contributed by atoms with Gasteiger partial charge in [-0.1, -0.05) is 19.9 Å². The van der Waals surface area contributed by atoms with Crippen LogP contribution in [0.4, 0.5) is 4.39 Å². The summed E-state index contributed by atoms with van der Waals surface area (Å²) < 4.78 is 16.4. The van der Waals surface area contributed by atoms with E-state index in [1.54, 1.807) is 18.0 Å². The van der Waals surface area contributed by atoms with Crippen LogP contribution in [-0.4, -0.2) is 63.6 Å². The lowest BCUT2D eigenvalue weighted by Gasteiger charge is -2.46. The van der Waals surface area contributed by atoms with E-state index in [0.29, 0.717) is 35.4 Å². The Morgan fingerprint density at radius 3 is 2.56 bits per heavy atom. The molecule has 1 amide bonds. The second-order valence-corrected chi connectivity index (χ2v) is 10.7. The molecule has 0 bridgehead atoms. The molecule has 6 nitrogen and oxygen atoms in total. The van der Waals surface area contributed by atoms with Crippen molar-refractivity contribution in [3.63, 3.8) is 0 Å². The predicted octanol–water partition coefficient (Wildman–Crippen LogP) is 5.33. The van der Waals surface area contributed by atoms with Gasteiger partial charge in [-0.15, -0.1) is 0 Å². The number of carbonyl (C=O) groups excluding carboxylic acids is 2. The molecule has 2 aromatic heterocycles. The molecule has 0 unspecified atom stereocenters. The van der Waals surface area contributed by atoms with E-state index < -0.39 is 5.82 Å². The molecule has 7 heteroatoms. The Morgan fingerprint density at radius 1 is 1.19 bits per heavy atom. The van der Waals surface area contributed by atoms with Gasteiger partial charge in [-0.25, -0.2) is 9.37 Å². The molecule has 0 N–H and O–H groups in total. The monoisotopic (exact) mass is 492 g/mol. The largest absolute Gasteiger partial charge is 0.339 e. The molecule has 0 aliphatic carbocycles. The number of nitrogens with zero attached hydrogens (tertiary/aromatic N) is 4. The van der Waals surface area contributed by atoms with Crippen molar-refractivity contribution in [1.29, 1.82) is 0 Å². The molecule has 1 aliphatic rings. The summed E-state index contributed by atoms with van der Waals surface area (Å²) in [6.45, 7) is 12.1. The van der Waals surface area contributed by atoms with Crippen molar-refractivity contribution in [1.82, 2.24) is 19.2 Å². The number of halogens is 1. The van der Waals surface area contributed by atoms with Gasteiger partial charge in [0.15, 0.2) is 0 Å². The highest BCUT2D eigenvalue weighted by Gasteiger charge is 2.35. The zero-order valence-electron chi connectivity index (χ0n) is 22.2. The summed E-state index contributed by atoms with van der Waals surface area (Å²) in [6.07, 6.45) is 6.43. The SMILES string of the molecule is Cc1ncc2c(-c3ccc(F)cc3C(=O)N(C)C(C)C)cc(C3CN([C@H](CCC=O)C(C)C)C3)cn12. The molecule has 3 heterocycles. The van der Waals surface area contributed by atoms with Gasteiger partial charge in [0.25, 0.3) is 5.91 Å². The van der Waals surface area contributed by atoms with Crippen LogP contribution in [0, 0.1) is 18.7 Å². The molecule has 1 aromatic carbocycles. The molecule has 192 valence electrons. The third-order valence-electron chi connectivity index (χ3n) is 7.64. The van der Waals surface area contributed by atoms with E-state index in [9.17, 15) is 14.0 Å². The average Bonchev–Trinajstić information content (AvgIpc) is 3.19. The molecule has 36 heavy (non-hydrogen) atoms. The summed E-state index contributed by atoms with van der Waals surface area (Å²) in [7, 11) is 1.75. The Balaban J connectivity index is 1.74. The molecular weight excluding hydrogens is 455 g/mol.